The minimum atomic E-state index is -0.877. The first-order chi connectivity index (χ1) is 7.77. The zero-order chi connectivity index (χ0) is 13.2. The second-order valence-corrected chi connectivity index (χ2v) is 4.62. The third kappa shape index (κ3) is 2.97. The highest BCUT2D eigenvalue weighted by Crippen LogP contribution is 2.25. The van der Waals surface area contributed by atoms with Gasteiger partial charge >= 0.3 is 0 Å². The molecular formula is C13H19NO3. The van der Waals surface area contributed by atoms with Crippen molar-refractivity contribution < 1.29 is 14.6 Å². The zero-order valence-corrected chi connectivity index (χ0v) is 10.9. The van der Waals surface area contributed by atoms with Gasteiger partial charge in [0.15, 0.2) is 0 Å². The predicted molar refractivity (Wildman–Crippen MR) is 67.3 cm³/mol. The van der Waals surface area contributed by atoms with Crippen LogP contribution in [0.15, 0.2) is 12.1 Å². The van der Waals surface area contributed by atoms with E-state index in [9.17, 15) is 9.90 Å². The summed E-state index contributed by atoms with van der Waals surface area (Å²) in [4.78, 5) is 11.9. The van der Waals surface area contributed by atoms with Crippen LogP contribution >= 0.6 is 0 Å². The summed E-state index contributed by atoms with van der Waals surface area (Å²) in [5.74, 6) is 0.0136. The van der Waals surface area contributed by atoms with Gasteiger partial charge in [-0.15, -0.1) is 0 Å². The molecule has 17 heavy (non-hydrogen) atoms. The number of nitrogens with one attached hydrogen (secondary N) is 1. The van der Waals surface area contributed by atoms with E-state index in [-0.39, 0.29) is 11.7 Å². The van der Waals surface area contributed by atoms with Crippen LogP contribution in [0.1, 0.15) is 25.0 Å². The van der Waals surface area contributed by atoms with Gasteiger partial charge in [0.1, 0.15) is 11.4 Å². The maximum absolute atomic E-state index is 11.9. The van der Waals surface area contributed by atoms with Crippen LogP contribution in [0, 0.1) is 13.8 Å². The summed E-state index contributed by atoms with van der Waals surface area (Å²) in [6.45, 7) is 7.01. The molecule has 0 saturated heterocycles. The minimum absolute atomic E-state index is 0.215. The fraction of sp³-hybridized carbons (Fsp3) is 0.462. The van der Waals surface area contributed by atoms with Crippen LogP contribution in [0.25, 0.3) is 0 Å². The molecule has 4 heteroatoms. The van der Waals surface area contributed by atoms with Crippen molar-refractivity contribution in [2.24, 2.45) is 0 Å². The van der Waals surface area contributed by atoms with Crippen LogP contribution in [0.5, 0.6) is 5.75 Å². The summed E-state index contributed by atoms with van der Waals surface area (Å²) in [5.41, 5.74) is 1.35. The number of phenols is 1. The third-order valence-electron chi connectivity index (χ3n) is 2.85. The van der Waals surface area contributed by atoms with Crippen LogP contribution in [0.2, 0.25) is 0 Å². The SMILES string of the molecule is COC(C)(C)C(=O)Nc1cc(C)c(O)cc1C. The number of methoxy groups -OCH3 is 1. The molecule has 4 nitrogen and oxygen atoms in total. The molecule has 94 valence electrons. The summed E-state index contributed by atoms with van der Waals surface area (Å²) in [6, 6.07) is 3.37. The van der Waals surface area contributed by atoms with Crippen molar-refractivity contribution in [1.82, 2.24) is 0 Å². The number of benzene rings is 1. The second kappa shape index (κ2) is 4.75. The summed E-state index contributed by atoms with van der Waals surface area (Å²) < 4.78 is 5.10. The van der Waals surface area contributed by atoms with Gasteiger partial charge in [-0.1, -0.05) is 0 Å². The topological polar surface area (TPSA) is 58.6 Å². The fourth-order valence-corrected chi connectivity index (χ4v) is 1.30. The van der Waals surface area contributed by atoms with E-state index in [2.05, 4.69) is 5.32 Å². The summed E-state index contributed by atoms with van der Waals surface area (Å²) in [6.07, 6.45) is 0. The molecular weight excluding hydrogens is 218 g/mol. The highest BCUT2D eigenvalue weighted by atomic mass is 16.5. The maximum atomic E-state index is 11.9. The van der Waals surface area contributed by atoms with Gasteiger partial charge in [-0.25, -0.2) is 0 Å². The van der Waals surface area contributed by atoms with Crippen LogP contribution < -0.4 is 5.32 Å². The van der Waals surface area contributed by atoms with Crippen molar-refractivity contribution >= 4 is 11.6 Å². The van der Waals surface area contributed by atoms with E-state index in [0.29, 0.717) is 5.69 Å². The Morgan fingerprint density at radius 1 is 1.29 bits per heavy atom. The molecule has 0 aliphatic heterocycles. The van der Waals surface area contributed by atoms with E-state index >= 15 is 0 Å². The van der Waals surface area contributed by atoms with E-state index in [1.807, 2.05) is 6.92 Å². The third-order valence-corrected chi connectivity index (χ3v) is 2.85. The Morgan fingerprint density at radius 2 is 1.88 bits per heavy atom. The lowest BCUT2D eigenvalue weighted by Crippen LogP contribution is -2.39. The first-order valence-electron chi connectivity index (χ1n) is 5.44. The normalized spacial score (nSPS) is 11.4. The number of carbonyl (C=O) groups excluding carboxylic acids is 1. The van der Waals surface area contributed by atoms with Gasteiger partial charge in [-0.05, 0) is 51.0 Å². The lowest BCUT2D eigenvalue weighted by Gasteiger charge is -2.22. The number of hydrogen-bond acceptors (Lipinski definition) is 3. The molecule has 0 aliphatic rings. The fourth-order valence-electron chi connectivity index (χ4n) is 1.30. The number of aryl methyl sites for hydroxylation is 2. The zero-order valence-electron chi connectivity index (χ0n) is 10.9. The first-order valence-corrected chi connectivity index (χ1v) is 5.44. The number of ether oxygens (including phenoxy) is 1. The minimum Gasteiger partial charge on any atom is -0.508 e. The van der Waals surface area contributed by atoms with E-state index < -0.39 is 5.60 Å². The van der Waals surface area contributed by atoms with Crippen molar-refractivity contribution in [3.05, 3.63) is 23.3 Å². The summed E-state index contributed by atoms with van der Waals surface area (Å²) in [7, 11) is 1.49. The van der Waals surface area contributed by atoms with Crippen LogP contribution in [-0.4, -0.2) is 23.7 Å². The van der Waals surface area contributed by atoms with Gasteiger partial charge in [0.25, 0.3) is 5.91 Å². The molecule has 1 amide bonds. The van der Waals surface area contributed by atoms with E-state index in [1.54, 1.807) is 32.9 Å². The van der Waals surface area contributed by atoms with E-state index in [0.717, 1.165) is 11.1 Å². The maximum Gasteiger partial charge on any atom is 0.256 e. The monoisotopic (exact) mass is 237 g/mol. The van der Waals surface area contributed by atoms with Crippen molar-refractivity contribution in [3.63, 3.8) is 0 Å². The summed E-state index contributed by atoms with van der Waals surface area (Å²) in [5, 5.41) is 12.3. The predicted octanol–water partition coefficient (Wildman–Crippen LogP) is 2.37. The average Bonchev–Trinajstić information content (AvgIpc) is 2.25. The van der Waals surface area contributed by atoms with Crippen LogP contribution in [-0.2, 0) is 9.53 Å². The Balaban J connectivity index is 2.97. The van der Waals surface area contributed by atoms with Crippen molar-refractivity contribution in [3.8, 4) is 5.75 Å². The molecule has 0 heterocycles. The molecule has 0 saturated carbocycles. The molecule has 0 aromatic heterocycles. The van der Waals surface area contributed by atoms with Gasteiger partial charge in [0, 0.05) is 12.8 Å². The van der Waals surface area contributed by atoms with Crippen molar-refractivity contribution in [2.45, 2.75) is 33.3 Å². The van der Waals surface area contributed by atoms with Crippen molar-refractivity contribution in [1.29, 1.82) is 0 Å². The number of anilines is 1. The molecule has 0 unspecified atom stereocenters. The molecule has 0 bridgehead atoms. The standard InChI is InChI=1S/C13H19NO3/c1-8-7-11(15)9(2)6-10(8)14-12(16)13(3,4)17-5/h6-7,15H,1-5H3,(H,14,16). The lowest BCUT2D eigenvalue weighted by atomic mass is 10.1. The number of hydrogen-bond donors (Lipinski definition) is 2. The quantitative estimate of drug-likeness (QED) is 0.793. The number of aromatic hydroxyl groups is 1. The molecule has 1 rings (SSSR count). The second-order valence-electron chi connectivity index (χ2n) is 4.62. The van der Waals surface area contributed by atoms with E-state index in [4.69, 9.17) is 4.74 Å². The van der Waals surface area contributed by atoms with Gasteiger partial charge < -0.3 is 15.2 Å². The lowest BCUT2D eigenvalue weighted by molar-refractivity contribution is -0.133. The number of amides is 1. The summed E-state index contributed by atoms with van der Waals surface area (Å²) >= 11 is 0. The molecule has 0 radical (unpaired) electrons. The Hall–Kier alpha value is -1.55. The number of carbonyl (C=O) groups is 1. The number of phenolic OH excluding ortho intramolecular Hbond substituents is 1. The average molecular weight is 237 g/mol. The van der Waals surface area contributed by atoms with Gasteiger partial charge in [0.2, 0.25) is 0 Å². The largest absolute Gasteiger partial charge is 0.508 e. The van der Waals surface area contributed by atoms with Gasteiger partial charge in [-0.3, -0.25) is 4.79 Å². The Kier molecular flexibility index (Phi) is 3.78. The van der Waals surface area contributed by atoms with Crippen molar-refractivity contribution in [2.75, 3.05) is 12.4 Å². The Bertz CT molecular complexity index is 439. The first kappa shape index (κ1) is 13.5. The highest BCUT2D eigenvalue weighted by Gasteiger charge is 2.27. The molecule has 0 spiro atoms. The molecule has 0 aliphatic carbocycles. The Labute approximate surface area is 102 Å². The molecule has 0 atom stereocenters. The molecule has 1 aromatic rings. The molecule has 2 N–H and O–H groups in total. The number of rotatable bonds is 3. The van der Waals surface area contributed by atoms with Gasteiger partial charge in [-0.2, -0.15) is 0 Å². The Morgan fingerprint density at radius 3 is 2.41 bits per heavy atom. The van der Waals surface area contributed by atoms with Crippen LogP contribution in [0.3, 0.4) is 0 Å². The highest BCUT2D eigenvalue weighted by molar-refractivity contribution is 5.97. The smallest absolute Gasteiger partial charge is 0.256 e. The van der Waals surface area contributed by atoms with Gasteiger partial charge in [0.05, 0.1) is 0 Å². The molecule has 0 fully saturated rings. The molecule has 1 aromatic carbocycles. The van der Waals surface area contributed by atoms with E-state index in [1.165, 1.54) is 7.11 Å². The van der Waals surface area contributed by atoms with Crippen LogP contribution in [0.4, 0.5) is 5.69 Å².